The summed E-state index contributed by atoms with van der Waals surface area (Å²) in [6, 6.07) is 9.22. The Hall–Kier alpha value is -1.39. The monoisotopic (exact) mass is 261 g/mol. The van der Waals surface area contributed by atoms with Crippen molar-refractivity contribution in [1.82, 2.24) is 10.2 Å². The number of rotatable bonds is 4. The average Bonchev–Trinajstić information content (AvgIpc) is 2.48. The number of hydrogen-bond acceptors (Lipinski definition) is 3. The molecule has 0 saturated carbocycles. The molecule has 0 radical (unpaired) electrons. The first-order chi connectivity index (χ1) is 9.20. The second-order valence-corrected chi connectivity index (χ2v) is 5.11. The Bertz CT molecular complexity index is 399. The Kier molecular flexibility index (Phi) is 4.93. The van der Waals surface area contributed by atoms with Gasteiger partial charge in [0.05, 0.1) is 0 Å². The summed E-state index contributed by atoms with van der Waals surface area (Å²) < 4.78 is 0. The van der Waals surface area contributed by atoms with E-state index in [9.17, 15) is 4.79 Å². The largest absolute Gasteiger partial charge is 0.352 e. The normalized spacial score (nSPS) is 19.1. The molecular formula is C15H23N3O. The Labute approximate surface area is 115 Å². The van der Waals surface area contributed by atoms with Crippen molar-refractivity contribution in [3.63, 3.8) is 0 Å². The molecule has 0 spiro atoms. The average molecular weight is 261 g/mol. The van der Waals surface area contributed by atoms with Crippen LogP contribution in [0.1, 0.15) is 31.4 Å². The van der Waals surface area contributed by atoms with E-state index in [0.29, 0.717) is 0 Å². The third-order valence-electron chi connectivity index (χ3n) is 3.82. The summed E-state index contributed by atoms with van der Waals surface area (Å²) in [4.78, 5) is 14.5. The Morgan fingerprint density at radius 2 is 2.00 bits per heavy atom. The molecule has 3 N–H and O–H groups in total. The lowest BCUT2D eigenvalue weighted by molar-refractivity contribution is -0.123. The molecule has 1 saturated heterocycles. The van der Waals surface area contributed by atoms with Crippen LogP contribution in [0.15, 0.2) is 30.3 Å². The molecule has 4 nitrogen and oxygen atoms in total. The van der Waals surface area contributed by atoms with Gasteiger partial charge in [0.25, 0.3) is 0 Å². The SMILES string of the molecule is CCN1CCC(NC(=O)[C@H](N)c2ccccc2)CC1. The van der Waals surface area contributed by atoms with Crippen LogP contribution in [0.2, 0.25) is 0 Å². The fourth-order valence-corrected chi connectivity index (χ4v) is 2.50. The molecule has 1 amide bonds. The highest BCUT2D eigenvalue weighted by atomic mass is 16.2. The van der Waals surface area contributed by atoms with Crippen molar-refractivity contribution in [3.05, 3.63) is 35.9 Å². The number of hydrogen-bond donors (Lipinski definition) is 2. The number of amides is 1. The summed E-state index contributed by atoms with van der Waals surface area (Å²) in [6.45, 7) is 5.37. The van der Waals surface area contributed by atoms with Gasteiger partial charge in [-0.05, 0) is 24.9 Å². The predicted octanol–water partition coefficient (Wildman–Crippen LogP) is 1.29. The summed E-state index contributed by atoms with van der Waals surface area (Å²) in [6.07, 6.45) is 2.03. The smallest absolute Gasteiger partial charge is 0.241 e. The number of likely N-dealkylation sites (tertiary alicyclic amines) is 1. The summed E-state index contributed by atoms with van der Waals surface area (Å²) in [5.74, 6) is -0.0684. The van der Waals surface area contributed by atoms with Crippen molar-refractivity contribution < 1.29 is 4.79 Å². The second kappa shape index (κ2) is 6.68. The van der Waals surface area contributed by atoms with Crippen molar-refractivity contribution in [2.45, 2.75) is 31.8 Å². The van der Waals surface area contributed by atoms with Gasteiger partial charge in [-0.15, -0.1) is 0 Å². The molecule has 1 fully saturated rings. The standard InChI is InChI=1S/C15H23N3O/c1-2-18-10-8-13(9-11-18)17-15(19)14(16)12-6-4-3-5-7-12/h3-7,13-14H,2,8-11,16H2,1H3,(H,17,19)/t14-/m1/s1. The van der Waals surface area contributed by atoms with E-state index in [1.807, 2.05) is 30.3 Å². The maximum atomic E-state index is 12.1. The van der Waals surface area contributed by atoms with E-state index < -0.39 is 6.04 Å². The molecule has 0 aliphatic carbocycles. The van der Waals surface area contributed by atoms with E-state index in [2.05, 4.69) is 17.1 Å². The van der Waals surface area contributed by atoms with Crippen LogP contribution in [0, 0.1) is 0 Å². The minimum absolute atomic E-state index is 0.0684. The molecule has 4 heteroatoms. The second-order valence-electron chi connectivity index (χ2n) is 5.11. The molecule has 1 atom stereocenters. The molecule has 104 valence electrons. The highest BCUT2D eigenvalue weighted by Gasteiger charge is 2.22. The van der Waals surface area contributed by atoms with Crippen LogP contribution in [0.3, 0.4) is 0 Å². The fraction of sp³-hybridized carbons (Fsp3) is 0.533. The summed E-state index contributed by atoms with van der Waals surface area (Å²) >= 11 is 0. The third-order valence-corrected chi connectivity index (χ3v) is 3.82. The van der Waals surface area contributed by atoms with Gasteiger partial charge in [0.2, 0.25) is 5.91 Å². The molecule has 19 heavy (non-hydrogen) atoms. The highest BCUT2D eigenvalue weighted by Crippen LogP contribution is 2.13. The molecule has 1 aliphatic heterocycles. The van der Waals surface area contributed by atoms with Gasteiger partial charge in [-0.3, -0.25) is 4.79 Å². The lowest BCUT2D eigenvalue weighted by Crippen LogP contribution is -2.47. The topological polar surface area (TPSA) is 58.4 Å². The van der Waals surface area contributed by atoms with Gasteiger partial charge in [0.15, 0.2) is 0 Å². The molecule has 0 aromatic heterocycles. The maximum Gasteiger partial charge on any atom is 0.241 e. The Balaban J connectivity index is 1.85. The van der Waals surface area contributed by atoms with Gasteiger partial charge in [-0.1, -0.05) is 37.3 Å². The third kappa shape index (κ3) is 3.78. The van der Waals surface area contributed by atoms with Crippen LogP contribution in [-0.2, 0) is 4.79 Å². The van der Waals surface area contributed by atoms with Gasteiger partial charge in [0, 0.05) is 19.1 Å². The van der Waals surface area contributed by atoms with E-state index in [1.54, 1.807) is 0 Å². The van der Waals surface area contributed by atoms with Gasteiger partial charge < -0.3 is 16.0 Å². The first-order valence-electron chi connectivity index (χ1n) is 7.04. The van der Waals surface area contributed by atoms with Crippen molar-refractivity contribution >= 4 is 5.91 Å². The minimum Gasteiger partial charge on any atom is -0.352 e. The van der Waals surface area contributed by atoms with E-state index in [4.69, 9.17) is 5.73 Å². The van der Waals surface area contributed by atoms with Crippen LogP contribution >= 0.6 is 0 Å². The Morgan fingerprint density at radius 3 is 2.58 bits per heavy atom. The highest BCUT2D eigenvalue weighted by molar-refractivity contribution is 5.83. The number of benzene rings is 1. The molecule has 1 aromatic rings. The molecule has 1 heterocycles. The first-order valence-corrected chi connectivity index (χ1v) is 7.04. The zero-order chi connectivity index (χ0) is 13.7. The number of carbonyl (C=O) groups excluding carboxylic acids is 1. The summed E-state index contributed by atoms with van der Waals surface area (Å²) in [5.41, 5.74) is 6.85. The van der Waals surface area contributed by atoms with Crippen LogP contribution in [-0.4, -0.2) is 36.5 Å². The fourth-order valence-electron chi connectivity index (χ4n) is 2.50. The molecule has 2 rings (SSSR count). The molecule has 1 aromatic carbocycles. The summed E-state index contributed by atoms with van der Waals surface area (Å²) in [5, 5.41) is 3.07. The lowest BCUT2D eigenvalue weighted by Gasteiger charge is -2.32. The van der Waals surface area contributed by atoms with Crippen molar-refractivity contribution in [2.75, 3.05) is 19.6 Å². The van der Waals surface area contributed by atoms with Crippen LogP contribution in [0.4, 0.5) is 0 Å². The number of nitrogens with two attached hydrogens (primary N) is 1. The molecule has 1 aliphatic rings. The number of nitrogens with one attached hydrogen (secondary N) is 1. The number of carbonyl (C=O) groups is 1. The zero-order valence-electron chi connectivity index (χ0n) is 11.5. The van der Waals surface area contributed by atoms with Crippen molar-refractivity contribution in [3.8, 4) is 0 Å². The van der Waals surface area contributed by atoms with Crippen molar-refractivity contribution in [2.24, 2.45) is 5.73 Å². The lowest BCUT2D eigenvalue weighted by atomic mass is 10.0. The van der Waals surface area contributed by atoms with E-state index in [-0.39, 0.29) is 11.9 Å². The maximum absolute atomic E-state index is 12.1. The van der Waals surface area contributed by atoms with Gasteiger partial charge in [-0.2, -0.15) is 0 Å². The Morgan fingerprint density at radius 1 is 1.37 bits per heavy atom. The first kappa shape index (κ1) is 14.0. The predicted molar refractivity (Wildman–Crippen MR) is 76.6 cm³/mol. The quantitative estimate of drug-likeness (QED) is 0.858. The van der Waals surface area contributed by atoms with Gasteiger partial charge in [-0.25, -0.2) is 0 Å². The van der Waals surface area contributed by atoms with E-state index in [1.165, 1.54) is 0 Å². The molecular weight excluding hydrogens is 238 g/mol. The van der Waals surface area contributed by atoms with Crippen LogP contribution in [0.25, 0.3) is 0 Å². The van der Waals surface area contributed by atoms with Gasteiger partial charge in [0.1, 0.15) is 6.04 Å². The number of nitrogens with zero attached hydrogens (tertiary/aromatic N) is 1. The number of piperidine rings is 1. The minimum atomic E-state index is -0.564. The van der Waals surface area contributed by atoms with E-state index >= 15 is 0 Å². The molecule has 0 unspecified atom stereocenters. The van der Waals surface area contributed by atoms with Crippen molar-refractivity contribution in [1.29, 1.82) is 0 Å². The van der Waals surface area contributed by atoms with Gasteiger partial charge >= 0.3 is 0 Å². The van der Waals surface area contributed by atoms with Crippen LogP contribution < -0.4 is 11.1 Å². The molecule has 0 bridgehead atoms. The van der Waals surface area contributed by atoms with E-state index in [0.717, 1.165) is 38.0 Å². The summed E-state index contributed by atoms with van der Waals surface area (Å²) in [7, 11) is 0. The zero-order valence-corrected chi connectivity index (χ0v) is 11.5. The van der Waals surface area contributed by atoms with Crippen LogP contribution in [0.5, 0.6) is 0 Å².